The number of fused-ring (bicyclic) bond motifs is 1. The summed E-state index contributed by atoms with van der Waals surface area (Å²) in [5.41, 5.74) is 3.02. The molecule has 1 fully saturated rings. The number of ether oxygens (including phenoxy) is 1. The molecule has 1 amide bonds. The molecule has 0 radical (unpaired) electrons. The number of carbonyl (C=O) groups is 1. The van der Waals surface area contributed by atoms with Gasteiger partial charge in [-0.05, 0) is 38.1 Å². The Bertz CT molecular complexity index is 1340. The second-order valence-corrected chi connectivity index (χ2v) is 9.46. The number of nitrogens with zero attached hydrogens (tertiary/aromatic N) is 7. The van der Waals surface area contributed by atoms with Gasteiger partial charge in [0, 0.05) is 44.4 Å². The third-order valence-corrected chi connectivity index (χ3v) is 6.32. The van der Waals surface area contributed by atoms with E-state index in [0.29, 0.717) is 60.7 Å². The minimum Gasteiger partial charge on any atom is -0.422 e. The first-order valence-corrected chi connectivity index (χ1v) is 11.7. The summed E-state index contributed by atoms with van der Waals surface area (Å²) in [7, 11) is 1.68. The van der Waals surface area contributed by atoms with Gasteiger partial charge in [-0.1, -0.05) is 28.9 Å². The maximum Gasteiger partial charge on any atom is 0.300 e. The van der Waals surface area contributed by atoms with E-state index >= 15 is 0 Å². The number of methoxy groups -OCH3 is 1. The van der Waals surface area contributed by atoms with Gasteiger partial charge >= 0.3 is 0 Å². The van der Waals surface area contributed by atoms with Crippen molar-refractivity contribution in [1.29, 1.82) is 0 Å². The Kier molecular flexibility index (Phi) is 6.16. The highest BCUT2D eigenvalue weighted by molar-refractivity contribution is 6.29. The Morgan fingerprint density at radius 1 is 1.09 bits per heavy atom. The number of anilines is 1. The van der Waals surface area contributed by atoms with Crippen LogP contribution >= 0.6 is 11.6 Å². The zero-order valence-electron chi connectivity index (χ0n) is 19.8. The van der Waals surface area contributed by atoms with Crippen LogP contribution in [0.25, 0.3) is 22.5 Å². The molecule has 4 aromatic rings. The Labute approximate surface area is 207 Å². The highest BCUT2D eigenvalue weighted by Crippen LogP contribution is 2.24. The number of pyridine rings is 1. The van der Waals surface area contributed by atoms with Gasteiger partial charge in [0.1, 0.15) is 10.8 Å². The van der Waals surface area contributed by atoms with Crippen LogP contribution in [0.15, 0.2) is 47.0 Å². The SMILES string of the molecule is COC(C)(C)Cn1cc(-c2ccc(C(=O)N3CCN(c4nc5nc(Cl)ccc5o4)CC3)cc2)nn1. The van der Waals surface area contributed by atoms with Crippen LogP contribution in [-0.4, -0.2) is 74.7 Å². The molecule has 1 aliphatic rings. The van der Waals surface area contributed by atoms with Crippen LogP contribution in [0.4, 0.5) is 6.01 Å². The lowest BCUT2D eigenvalue weighted by Crippen LogP contribution is -2.48. The third-order valence-electron chi connectivity index (χ3n) is 6.11. The Hall–Kier alpha value is -3.50. The summed E-state index contributed by atoms with van der Waals surface area (Å²) in [5.74, 6) is -0.00675. The molecular formula is C24H26ClN7O3. The summed E-state index contributed by atoms with van der Waals surface area (Å²) in [6, 6.07) is 11.4. The number of piperazine rings is 1. The number of carbonyl (C=O) groups excluding carboxylic acids is 1. The second kappa shape index (κ2) is 9.27. The molecule has 0 unspecified atom stereocenters. The van der Waals surface area contributed by atoms with E-state index in [9.17, 15) is 4.79 Å². The summed E-state index contributed by atoms with van der Waals surface area (Å²) in [6.07, 6.45) is 1.88. The molecule has 10 nitrogen and oxygen atoms in total. The fraction of sp³-hybridized carbons (Fsp3) is 0.375. The van der Waals surface area contributed by atoms with Crippen LogP contribution in [0, 0.1) is 0 Å². The number of aromatic nitrogens is 5. The van der Waals surface area contributed by atoms with Gasteiger partial charge in [-0.15, -0.1) is 5.10 Å². The van der Waals surface area contributed by atoms with Crippen LogP contribution in [0.2, 0.25) is 5.15 Å². The summed E-state index contributed by atoms with van der Waals surface area (Å²) < 4.78 is 13.0. The summed E-state index contributed by atoms with van der Waals surface area (Å²) >= 11 is 5.94. The molecule has 0 saturated carbocycles. The van der Waals surface area contributed by atoms with Crippen molar-refractivity contribution in [1.82, 2.24) is 29.9 Å². The van der Waals surface area contributed by atoms with Crippen LogP contribution in [0.3, 0.4) is 0 Å². The molecule has 0 spiro atoms. The number of benzene rings is 1. The zero-order valence-corrected chi connectivity index (χ0v) is 20.6. The predicted octanol–water partition coefficient (Wildman–Crippen LogP) is 3.52. The van der Waals surface area contributed by atoms with Gasteiger partial charge in [0.2, 0.25) is 5.65 Å². The van der Waals surface area contributed by atoms with Crippen LogP contribution in [0.1, 0.15) is 24.2 Å². The van der Waals surface area contributed by atoms with Gasteiger partial charge in [-0.3, -0.25) is 4.79 Å². The Morgan fingerprint density at radius 3 is 2.54 bits per heavy atom. The van der Waals surface area contributed by atoms with Gasteiger partial charge in [0.15, 0.2) is 5.58 Å². The van der Waals surface area contributed by atoms with E-state index in [1.54, 1.807) is 23.9 Å². The lowest BCUT2D eigenvalue weighted by molar-refractivity contribution is 0.00501. The van der Waals surface area contributed by atoms with Crippen molar-refractivity contribution in [3.05, 3.63) is 53.3 Å². The molecule has 0 N–H and O–H groups in total. The lowest BCUT2D eigenvalue weighted by atomic mass is 10.1. The lowest BCUT2D eigenvalue weighted by Gasteiger charge is -2.33. The summed E-state index contributed by atoms with van der Waals surface area (Å²) in [6.45, 7) is 6.95. The molecular weight excluding hydrogens is 470 g/mol. The Morgan fingerprint density at radius 2 is 1.83 bits per heavy atom. The number of rotatable bonds is 6. The smallest absolute Gasteiger partial charge is 0.300 e. The maximum absolute atomic E-state index is 13.1. The normalized spacial score (nSPS) is 14.6. The van der Waals surface area contributed by atoms with Crippen molar-refractivity contribution in [2.45, 2.75) is 26.0 Å². The van der Waals surface area contributed by atoms with Crippen molar-refractivity contribution in [3.8, 4) is 11.3 Å². The van der Waals surface area contributed by atoms with Crippen LogP contribution in [-0.2, 0) is 11.3 Å². The predicted molar refractivity (Wildman–Crippen MR) is 131 cm³/mol. The topological polar surface area (TPSA) is 102 Å². The van der Waals surface area contributed by atoms with E-state index in [0.717, 1.165) is 11.3 Å². The van der Waals surface area contributed by atoms with E-state index in [-0.39, 0.29) is 11.5 Å². The third kappa shape index (κ3) is 4.98. The van der Waals surface area contributed by atoms with E-state index < -0.39 is 0 Å². The molecule has 0 bridgehead atoms. The number of amides is 1. The van der Waals surface area contributed by atoms with Gasteiger partial charge in [0.05, 0.1) is 18.3 Å². The molecule has 35 heavy (non-hydrogen) atoms. The molecule has 0 aliphatic carbocycles. The molecule has 1 saturated heterocycles. The van der Waals surface area contributed by atoms with Crippen molar-refractivity contribution >= 4 is 34.8 Å². The second-order valence-electron chi connectivity index (χ2n) is 9.07. The average Bonchev–Trinajstić information content (AvgIpc) is 3.50. The summed E-state index contributed by atoms with van der Waals surface area (Å²) in [5, 5.41) is 8.82. The monoisotopic (exact) mass is 495 g/mol. The van der Waals surface area contributed by atoms with Crippen molar-refractivity contribution in [2.75, 3.05) is 38.2 Å². The molecule has 3 aromatic heterocycles. The van der Waals surface area contributed by atoms with Gasteiger partial charge in [-0.25, -0.2) is 9.67 Å². The molecule has 182 valence electrons. The number of halogens is 1. The molecule has 1 aromatic carbocycles. The maximum atomic E-state index is 13.1. The number of hydrogen-bond donors (Lipinski definition) is 0. The van der Waals surface area contributed by atoms with Crippen molar-refractivity contribution in [3.63, 3.8) is 0 Å². The molecule has 4 heterocycles. The minimum absolute atomic E-state index is 0.00675. The van der Waals surface area contributed by atoms with Crippen LogP contribution < -0.4 is 4.90 Å². The first-order valence-electron chi connectivity index (χ1n) is 11.3. The number of oxazole rings is 1. The van der Waals surface area contributed by atoms with E-state index in [1.165, 1.54) is 0 Å². The molecule has 5 rings (SSSR count). The molecule has 0 atom stereocenters. The van der Waals surface area contributed by atoms with Gasteiger partial charge in [-0.2, -0.15) is 4.98 Å². The minimum atomic E-state index is -0.337. The first-order chi connectivity index (χ1) is 16.8. The van der Waals surface area contributed by atoms with E-state index in [4.69, 9.17) is 20.8 Å². The van der Waals surface area contributed by atoms with Crippen LogP contribution in [0.5, 0.6) is 0 Å². The highest BCUT2D eigenvalue weighted by Gasteiger charge is 2.25. The first kappa shape index (κ1) is 23.3. The molecule has 11 heteroatoms. The van der Waals surface area contributed by atoms with E-state index in [2.05, 4.69) is 20.3 Å². The highest BCUT2D eigenvalue weighted by atomic mass is 35.5. The standard InChI is InChI=1S/C24H26ClN7O3/c1-24(2,34-3)15-32-14-18(28-29-32)16-4-6-17(7-5-16)22(33)30-10-12-31(13-11-30)23-27-21-19(35-23)8-9-20(25)26-21/h4-9,14H,10-13,15H2,1-3H3. The van der Waals surface area contributed by atoms with Crippen molar-refractivity contribution in [2.24, 2.45) is 0 Å². The largest absolute Gasteiger partial charge is 0.422 e. The average molecular weight is 496 g/mol. The van der Waals surface area contributed by atoms with Gasteiger partial charge in [0.25, 0.3) is 11.9 Å². The fourth-order valence-corrected chi connectivity index (χ4v) is 4.09. The Balaban J connectivity index is 1.21. The molecule has 1 aliphatic heterocycles. The quantitative estimate of drug-likeness (QED) is 0.374. The zero-order chi connectivity index (χ0) is 24.6. The number of hydrogen-bond acceptors (Lipinski definition) is 8. The fourth-order valence-electron chi connectivity index (χ4n) is 3.95. The van der Waals surface area contributed by atoms with Gasteiger partial charge < -0.3 is 19.0 Å². The van der Waals surface area contributed by atoms with E-state index in [1.807, 2.05) is 54.1 Å². The van der Waals surface area contributed by atoms with Crippen molar-refractivity contribution < 1.29 is 13.9 Å². The summed E-state index contributed by atoms with van der Waals surface area (Å²) in [4.78, 5) is 25.5.